The van der Waals surface area contributed by atoms with E-state index in [4.69, 9.17) is 0 Å². The zero-order valence-corrected chi connectivity index (χ0v) is 13.0. The summed E-state index contributed by atoms with van der Waals surface area (Å²) in [7, 11) is 0. The molecule has 0 aliphatic carbocycles. The van der Waals surface area contributed by atoms with Crippen LogP contribution >= 0.6 is 0 Å². The van der Waals surface area contributed by atoms with Crippen LogP contribution in [0.1, 0.15) is 11.1 Å². The molecule has 1 heterocycles. The van der Waals surface area contributed by atoms with Crippen molar-refractivity contribution >= 4 is 22.9 Å². The monoisotopic (exact) mass is 322 g/mol. The molecule has 0 aliphatic rings. The summed E-state index contributed by atoms with van der Waals surface area (Å²) in [5.74, 6) is -0.326. The molecule has 0 unspecified atom stereocenters. The molecule has 1 aromatic heterocycles. The van der Waals surface area contributed by atoms with E-state index in [9.17, 15) is 15.0 Å². The topological polar surface area (TPSA) is 85.3 Å². The van der Waals surface area contributed by atoms with E-state index in [-0.39, 0.29) is 17.4 Å². The Labute approximate surface area is 139 Å². The van der Waals surface area contributed by atoms with Gasteiger partial charge in [-0.3, -0.25) is 4.79 Å². The molecular weight excluding hydrogens is 304 g/mol. The lowest BCUT2D eigenvalue weighted by Gasteiger charge is -2.02. The van der Waals surface area contributed by atoms with Crippen LogP contribution in [0.5, 0.6) is 11.5 Å². The van der Waals surface area contributed by atoms with Crippen molar-refractivity contribution in [1.29, 1.82) is 0 Å². The van der Waals surface area contributed by atoms with E-state index in [2.05, 4.69) is 16.4 Å². The fraction of sp³-hybridized carbons (Fsp3) is 0.105. The molecule has 0 saturated carbocycles. The normalized spacial score (nSPS) is 11.2. The molecule has 0 aliphatic heterocycles. The molecule has 0 fully saturated rings. The van der Waals surface area contributed by atoms with Gasteiger partial charge >= 0.3 is 0 Å². The molecule has 3 rings (SSSR count). The number of amides is 1. The number of carbonyl (C=O) groups excluding carboxylic acids is 1. The van der Waals surface area contributed by atoms with Gasteiger partial charge in [0.25, 0.3) is 0 Å². The third kappa shape index (κ3) is 3.57. The van der Waals surface area contributed by atoms with Gasteiger partial charge in [0.2, 0.25) is 5.91 Å². The van der Waals surface area contributed by atoms with Crippen LogP contribution in [0.25, 0.3) is 17.0 Å². The Morgan fingerprint density at radius 2 is 2.00 bits per heavy atom. The largest absolute Gasteiger partial charge is 0.508 e. The van der Waals surface area contributed by atoms with Crippen molar-refractivity contribution < 1.29 is 15.0 Å². The quantitative estimate of drug-likeness (QED) is 0.545. The van der Waals surface area contributed by atoms with E-state index in [1.54, 1.807) is 6.07 Å². The van der Waals surface area contributed by atoms with E-state index < -0.39 is 0 Å². The Bertz CT molecular complexity index is 897. The zero-order chi connectivity index (χ0) is 16.9. The molecule has 0 saturated heterocycles. The first kappa shape index (κ1) is 15.7. The number of aromatic hydroxyl groups is 2. The fourth-order valence-electron chi connectivity index (χ4n) is 2.56. The van der Waals surface area contributed by atoms with Crippen molar-refractivity contribution in [2.75, 3.05) is 6.54 Å². The van der Waals surface area contributed by atoms with Gasteiger partial charge in [-0.15, -0.1) is 0 Å². The third-order valence-corrected chi connectivity index (χ3v) is 3.80. The lowest BCUT2D eigenvalue weighted by molar-refractivity contribution is -0.116. The molecule has 5 nitrogen and oxygen atoms in total. The number of nitrogens with one attached hydrogen (secondary N) is 2. The smallest absolute Gasteiger partial charge is 0.244 e. The summed E-state index contributed by atoms with van der Waals surface area (Å²) in [6, 6.07) is 12.3. The fourth-order valence-corrected chi connectivity index (χ4v) is 2.56. The van der Waals surface area contributed by atoms with Crippen molar-refractivity contribution in [1.82, 2.24) is 10.3 Å². The number of phenols is 2. The van der Waals surface area contributed by atoms with Gasteiger partial charge in [-0.1, -0.05) is 18.2 Å². The van der Waals surface area contributed by atoms with Gasteiger partial charge in [-0.25, -0.2) is 0 Å². The second-order valence-electron chi connectivity index (χ2n) is 5.48. The number of hydrogen-bond donors (Lipinski definition) is 4. The van der Waals surface area contributed by atoms with Gasteiger partial charge in [0.05, 0.1) is 0 Å². The number of H-pyrrole nitrogens is 1. The number of aromatic nitrogens is 1. The lowest BCUT2D eigenvalue weighted by atomic mass is 10.1. The first-order valence-corrected chi connectivity index (χ1v) is 7.66. The van der Waals surface area contributed by atoms with Crippen LogP contribution in [0.4, 0.5) is 0 Å². The molecule has 0 spiro atoms. The van der Waals surface area contributed by atoms with Crippen LogP contribution in [-0.4, -0.2) is 27.6 Å². The van der Waals surface area contributed by atoms with Gasteiger partial charge in [0.15, 0.2) is 0 Å². The molecule has 3 aromatic rings. The van der Waals surface area contributed by atoms with Crippen LogP contribution < -0.4 is 5.32 Å². The standard InChI is InChI=1S/C19H18N2O3/c22-15-7-5-13(18(23)11-15)6-8-19(24)20-10-9-14-12-21-17-4-2-1-3-16(14)17/h1-8,11-12,21-23H,9-10H2,(H,20,24)/b8-6+. The molecule has 24 heavy (non-hydrogen) atoms. The van der Waals surface area contributed by atoms with Gasteiger partial charge < -0.3 is 20.5 Å². The summed E-state index contributed by atoms with van der Waals surface area (Å²) in [5, 5.41) is 22.9. The molecule has 0 radical (unpaired) electrons. The number of aromatic amines is 1. The maximum atomic E-state index is 11.8. The highest BCUT2D eigenvalue weighted by molar-refractivity contribution is 5.92. The van der Waals surface area contributed by atoms with Gasteiger partial charge in [-0.2, -0.15) is 0 Å². The molecule has 2 aromatic carbocycles. The highest BCUT2D eigenvalue weighted by atomic mass is 16.3. The van der Waals surface area contributed by atoms with E-state index >= 15 is 0 Å². The second kappa shape index (κ2) is 6.91. The predicted octanol–water partition coefficient (Wildman–Crippen LogP) is 2.95. The molecule has 0 atom stereocenters. The van der Waals surface area contributed by atoms with Crippen molar-refractivity contribution in [2.45, 2.75) is 6.42 Å². The molecule has 1 amide bonds. The van der Waals surface area contributed by atoms with E-state index in [1.807, 2.05) is 24.4 Å². The van der Waals surface area contributed by atoms with Crippen LogP contribution in [0.15, 0.2) is 54.7 Å². The Morgan fingerprint density at radius 1 is 1.17 bits per heavy atom. The summed E-state index contributed by atoms with van der Waals surface area (Å²) in [4.78, 5) is 15.1. The molecule has 5 heteroatoms. The Morgan fingerprint density at radius 3 is 2.83 bits per heavy atom. The minimum atomic E-state index is -0.234. The van der Waals surface area contributed by atoms with E-state index in [0.29, 0.717) is 12.1 Å². The maximum absolute atomic E-state index is 11.8. The number of benzene rings is 2. The van der Waals surface area contributed by atoms with Gasteiger partial charge in [0.1, 0.15) is 11.5 Å². The van der Waals surface area contributed by atoms with Crippen LogP contribution in [0.3, 0.4) is 0 Å². The lowest BCUT2D eigenvalue weighted by Crippen LogP contribution is -2.23. The number of hydrogen-bond acceptors (Lipinski definition) is 3. The number of fused-ring (bicyclic) bond motifs is 1. The van der Waals surface area contributed by atoms with Crippen LogP contribution in [0, 0.1) is 0 Å². The number of phenolic OH excluding ortho intramolecular Hbond substituents is 2. The first-order valence-electron chi connectivity index (χ1n) is 7.66. The Kier molecular flexibility index (Phi) is 4.52. The van der Waals surface area contributed by atoms with Gasteiger partial charge in [0, 0.05) is 41.4 Å². The summed E-state index contributed by atoms with van der Waals surface area (Å²) >= 11 is 0. The number of para-hydroxylation sites is 1. The third-order valence-electron chi connectivity index (χ3n) is 3.80. The summed E-state index contributed by atoms with van der Waals surface area (Å²) in [6.07, 6.45) is 5.56. The zero-order valence-electron chi connectivity index (χ0n) is 13.0. The predicted molar refractivity (Wildman–Crippen MR) is 93.8 cm³/mol. The number of carbonyl (C=O) groups is 1. The van der Waals surface area contributed by atoms with Crippen LogP contribution in [-0.2, 0) is 11.2 Å². The highest BCUT2D eigenvalue weighted by Crippen LogP contribution is 2.23. The summed E-state index contributed by atoms with van der Waals surface area (Å²) in [5.41, 5.74) is 2.71. The molecule has 0 bridgehead atoms. The van der Waals surface area contributed by atoms with Crippen molar-refractivity contribution in [3.8, 4) is 11.5 Å². The Balaban J connectivity index is 1.55. The van der Waals surface area contributed by atoms with Gasteiger partial charge in [-0.05, 0) is 36.3 Å². The SMILES string of the molecule is O=C(/C=C/c1ccc(O)cc1O)NCCc1c[nH]c2ccccc12. The van der Waals surface area contributed by atoms with E-state index in [0.717, 1.165) is 22.9 Å². The molecule has 4 N–H and O–H groups in total. The van der Waals surface area contributed by atoms with Crippen molar-refractivity contribution in [2.24, 2.45) is 0 Å². The summed E-state index contributed by atoms with van der Waals surface area (Å²) in [6.45, 7) is 0.520. The highest BCUT2D eigenvalue weighted by Gasteiger charge is 2.04. The van der Waals surface area contributed by atoms with E-state index in [1.165, 1.54) is 24.3 Å². The van der Waals surface area contributed by atoms with Crippen molar-refractivity contribution in [3.05, 3.63) is 65.9 Å². The van der Waals surface area contributed by atoms with Crippen LogP contribution in [0.2, 0.25) is 0 Å². The first-order chi connectivity index (χ1) is 11.6. The number of rotatable bonds is 5. The summed E-state index contributed by atoms with van der Waals surface area (Å²) < 4.78 is 0. The maximum Gasteiger partial charge on any atom is 0.244 e. The Hall–Kier alpha value is -3.21. The molecule has 122 valence electrons. The minimum Gasteiger partial charge on any atom is -0.508 e. The average Bonchev–Trinajstić information content (AvgIpc) is 2.97. The minimum absolute atomic E-state index is 0.0205. The van der Waals surface area contributed by atoms with Crippen molar-refractivity contribution in [3.63, 3.8) is 0 Å². The molecular formula is C19H18N2O3. The second-order valence-corrected chi connectivity index (χ2v) is 5.48. The average molecular weight is 322 g/mol.